The van der Waals surface area contributed by atoms with E-state index >= 15 is 0 Å². The standard InChI is InChI=1S/C28H32F3N3O3/c1-21(2)34(19-25-13-8-14-32(25)18-22-9-5-4-6-10-22)26(35)20-33(15-16-37-3)27(36)23-11-7-12-24(17-23)28(29,30)31/h4-14,17,21H,15-16,18-20H2,1-3H3. The van der Waals surface area contributed by atoms with E-state index in [2.05, 4.69) is 4.57 Å². The van der Waals surface area contributed by atoms with E-state index in [0.29, 0.717) is 13.1 Å². The average molecular weight is 516 g/mol. The van der Waals surface area contributed by atoms with Crippen molar-refractivity contribution in [3.05, 3.63) is 95.3 Å². The van der Waals surface area contributed by atoms with Gasteiger partial charge in [0.05, 0.1) is 18.7 Å². The molecular formula is C28H32F3N3O3. The summed E-state index contributed by atoms with van der Waals surface area (Å²) in [6, 6.07) is 17.9. The molecule has 0 aliphatic heterocycles. The Balaban J connectivity index is 1.78. The van der Waals surface area contributed by atoms with Gasteiger partial charge in [-0.25, -0.2) is 0 Å². The van der Waals surface area contributed by atoms with Crippen molar-refractivity contribution in [1.82, 2.24) is 14.4 Å². The summed E-state index contributed by atoms with van der Waals surface area (Å²) in [4.78, 5) is 29.5. The summed E-state index contributed by atoms with van der Waals surface area (Å²) in [5.74, 6) is -0.966. The summed E-state index contributed by atoms with van der Waals surface area (Å²) in [5.41, 5.74) is 1.00. The number of amides is 2. The number of carbonyl (C=O) groups excluding carboxylic acids is 2. The minimum absolute atomic E-state index is 0.0631. The number of hydrogen-bond acceptors (Lipinski definition) is 3. The smallest absolute Gasteiger partial charge is 0.383 e. The first-order chi connectivity index (χ1) is 17.6. The Morgan fingerprint density at radius 2 is 1.73 bits per heavy atom. The van der Waals surface area contributed by atoms with E-state index in [9.17, 15) is 22.8 Å². The molecule has 6 nitrogen and oxygen atoms in total. The van der Waals surface area contributed by atoms with Crippen molar-refractivity contribution < 1.29 is 27.5 Å². The molecule has 3 aromatic rings. The molecule has 198 valence electrons. The van der Waals surface area contributed by atoms with Gasteiger partial charge in [-0.15, -0.1) is 0 Å². The maximum absolute atomic E-state index is 13.4. The second kappa shape index (κ2) is 12.6. The largest absolute Gasteiger partial charge is 0.416 e. The van der Waals surface area contributed by atoms with Gasteiger partial charge < -0.3 is 19.1 Å². The number of methoxy groups -OCH3 is 1. The Kier molecular flexibility index (Phi) is 9.52. The maximum atomic E-state index is 13.4. The van der Waals surface area contributed by atoms with Gasteiger partial charge in [0.25, 0.3) is 5.91 Å². The lowest BCUT2D eigenvalue weighted by atomic mass is 10.1. The number of carbonyl (C=O) groups is 2. The van der Waals surface area contributed by atoms with Gasteiger partial charge in [0.1, 0.15) is 6.54 Å². The molecule has 3 rings (SSSR count). The molecule has 0 N–H and O–H groups in total. The highest BCUT2D eigenvalue weighted by Gasteiger charge is 2.32. The zero-order chi connectivity index (χ0) is 27.0. The van der Waals surface area contributed by atoms with E-state index in [0.717, 1.165) is 23.4 Å². The Bertz CT molecular complexity index is 1180. The molecule has 37 heavy (non-hydrogen) atoms. The number of nitrogens with zero attached hydrogens (tertiary/aromatic N) is 3. The van der Waals surface area contributed by atoms with Crippen LogP contribution in [0.1, 0.15) is 41.0 Å². The van der Waals surface area contributed by atoms with Crippen molar-refractivity contribution in [3.63, 3.8) is 0 Å². The zero-order valence-corrected chi connectivity index (χ0v) is 21.2. The summed E-state index contributed by atoms with van der Waals surface area (Å²) in [6.45, 7) is 4.67. The van der Waals surface area contributed by atoms with Crippen molar-refractivity contribution in [2.24, 2.45) is 0 Å². The van der Waals surface area contributed by atoms with Crippen molar-refractivity contribution in [3.8, 4) is 0 Å². The SMILES string of the molecule is COCCN(CC(=O)N(Cc1cccn1Cc1ccccc1)C(C)C)C(=O)c1cccc(C(F)(F)F)c1. The normalized spacial score (nSPS) is 11.5. The van der Waals surface area contributed by atoms with Crippen molar-refractivity contribution in [2.75, 3.05) is 26.8 Å². The first kappa shape index (κ1) is 28.0. The number of halogens is 3. The Morgan fingerprint density at radius 1 is 1.00 bits per heavy atom. The van der Waals surface area contributed by atoms with Gasteiger partial charge in [-0.2, -0.15) is 13.2 Å². The molecule has 2 amide bonds. The van der Waals surface area contributed by atoms with Gasteiger partial charge in [0.2, 0.25) is 5.91 Å². The average Bonchev–Trinajstić information content (AvgIpc) is 3.31. The molecule has 0 spiro atoms. The zero-order valence-electron chi connectivity index (χ0n) is 21.2. The van der Waals surface area contributed by atoms with Crippen LogP contribution in [0.2, 0.25) is 0 Å². The third-order valence-corrected chi connectivity index (χ3v) is 6.01. The van der Waals surface area contributed by atoms with E-state index in [1.807, 2.05) is 62.5 Å². The van der Waals surface area contributed by atoms with E-state index in [1.165, 1.54) is 24.1 Å². The van der Waals surface area contributed by atoms with Crippen LogP contribution in [0.5, 0.6) is 0 Å². The Morgan fingerprint density at radius 3 is 2.38 bits per heavy atom. The Labute approximate surface area is 215 Å². The fraction of sp³-hybridized carbons (Fsp3) is 0.357. The highest BCUT2D eigenvalue weighted by molar-refractivity contribution is 5.96. The van der Waals surface area contributed by atoms with Crippen LogP contribution in [0.25, 0.3) is 0 Å². The van der Waals surface area contributed by atoms with Crippen LogP contribution in [-0.4, -0.2) is 59.0 Å². The number of rotatable bonds is 11. The van der Waals surface area contributed by atoms with Gasteiger partial charge >= 0.3 is 6.18 Å². The third-order valence-electron chi connectivity index (χ3n) is 6.01. The fourth-order valence-corrected chi connectivity index (χ4v) is 3.98. The molecule has 0 aliphatic carbocycles. The maximum Gasteiger partial charge on any atom is 0.416 e. The van der Waals surface area contributed by atoms with E-state index in [1.54, 1.807) is 4.90 Å². The minimum atomic E-state index is -4.58. The van der Waals surface area contributed by atoms with Crippen LogP contribution in [0.3, 0.4) is 0 Å². The van der Waals surface area contributed by atoms with Crippen molar-refractivity contribution >= 4 is 11.8 Å². The van der Waals surface area contributed by atoms with Crippen LogP contribution >= 0.6 is 0 Å². The lowest BCUT2D eigenvalue weighted by Crippen LogP contribution is -2.46. The lowest BCUT2D eigenvalue weighted by molar-refractivity contribution is -0.137. The first-order valence-corrected chi connectivity index (χ1v) is 12.0. The molecule has 0 fully saturated rings. The molecule has 0 radical (unpaired) electrons. The van der Waals surface area contributed by atoms with E-state index in [-0.39, 0.29) is 37.2 Å². The van der Waals surface area contributed by atoms with Gasteiger partial charge in [-0.3, -0.25) is 9.59 Å². The van der Waals surface area contributed by atoms with Gasteiger partial charge in [0, 0.05) is 43.7 Å². The number of alkyl halides is 3. The van der Waals surface area contributed by atoms with Crippen molar-refractivity contribution in [1.29, 1.82) is 0 Å². The monoisotopic (exact) mass is 515 g/mol. The second-order valence-electron chi connectivity index (χ2n) is 9.03. The predicted molar refractivity (Wildman–Crippen MR) is 135 cm³/mol. The van der Waals surface area contributed by atoms with Gasteiger partial charge in [-0.1, -0.05) is 36.4 Å². The van der Waals surface area contributed by atoms with Gasteiger partial charge in [-0.05, 0) is 49.7 Å². The van der Waals surface area contributed by atoms with Crippen molar-refractivity contribution in [2.45, 2.75) is 39.2 Å². The molecular weight excluding hydrogens is 483 g/mol. The van der Waals surface area contributed by atoms with Crippen LogP contribution in [0.15, 0.2) is 72.9 Å². The summed E-state index contributed by atoms with van der Waals surface area (Å²) >= 11 is 0. The molecule has 1 heterocycles. The molecule has 0 bridgehead atoms. The predicted octanol–water partition coefficient (Wildman–Crippen LogP) is 5.08. The summed E-state index contributed by atoms with van der Waals surface area (Å²) in [7, 11) is 1.45. The van der Waals surface area contributed by atoms with Gasteiger partial charge in [0.15, 0.2) is 0 Å². The summed E-state index contributed by atoms with van der Waals surface area (Å²) < 4.78 is 46.7. The molecule has 0 saturated heterocycles. The number of ether oxygens (including phenoxy) is 1. The molecule has 2 aromatic carbocycles. The summed E-state index contributed by atoms with van der Waals surface area (Å²) in [5, 5.41) is 0. The van der Waals surface area contributed by atoms with E-state index in [4.69, 9.17) is 4.74 Å². The fourth-order valence-electron chi connectivity index (χ4n) is 3.98. The first-order valence-electron chi connectivity index (χ1n) is 12.0. The third kappa shape index (κ3) is 7.69. The topological polar surface area (TPSA) is 54.8 Å². The molecule has 1 aromatic heterocycles. The Hall–Kier alpha value is -3.59. The molecule has 9 heteroatoms. The summed E-state index contributed by atoms with van der Waals surface area (Å²) in [6.07, 6.45) is -2.63. The molecule has 0 unspecified atom stereocenters. The molecule has 0 saturated carbocycles. The van der Waals surface area contributed by atoms with Crippen LogP contribution in [0.4, 0.5) is 13.2 Å². The second-order valence-corrected chi connectivity index (χ2v) is 9.03. The highest BCUT2D eigenvalue weighted by Crippen LogP contribution is 2.29. The molecule has 0 atom stereocenters. The van der Waals surface area contributed by atoms with Crippen LogP contribution in [0, 0.1) is 0 Å². The van der Waals surface area contributed by atoms with Crippen LogP contribution < -0.4 is 0 Å². The lowest BCUT2D eigenvalue weighted by Gasteiger charge is -2.31. The highest BCUT2D eigenvalue weighted by atomic mass is 19.4. The quantitative estimate of drug-likeness (QED) is 0.358. The molecule has 0 aliphatic rings. The number of hydrogen-bond donors (Lipinski definition) is 0. The number of aromatic nitrogens is 1. The van der Waals surface area contributed by atoms with E-state index < -0.39 is 17.6 Å². The van der Waals surface area contributed by atoms with Crippen LogP contribution in [-0.2, 0) is 28.8 Å². The minimum Gasteiger partial charge on any atom is -0.383 e. The number of benzene rings is 2.